The lowest BCUT2D eigenvalue weighted by Gasteiger charge is -2.08. The fourth-order valence-corrected chi connectivity index (χ4v) is 0.0873. The Bertz CT molecular complexity index is 121. The number of carbonyl (C=O) groups is 1. The van der Waals surface area contributed by atoms with Gasteiger partial charge in [-0.05, 0) is 22.6 Å². The van der Waals surface area contributed by atoms with Gasteiger partial charge >= 0.3 is 5.97 Å². The molecule has 46 valence electrons. The molecule has 0 saturated heterocycles. The molecule has 8 heavy (non-hydrogen) atoms. The standard InChI is InChI=1S/C4H6INO2/c1-2-4(5,6)3(7)8/h2H,1,6H2,(H,7,8)/t4-/m1/s1. The Morgan fingerprint density at radius 1 is 2.00 bits per heavy atom. The molecule has 0 aliphatic heterocycles. The van der Waals surface area contributed by atoms with E-state index in [4.69, 9.17) is 10.8 Å². The van der Waals surface area contributed by atoms with Crippen LogP contribution >= 0.6 is 22.6 Å². The van der Waals surface area contributed by atoms with Crippen molar-refractivity contribution in [3.05, 3.63) is 12.7 Å². The minimum atomic E-state index is -1.31. The number of halogens is 1. The third-order valence-corrected chi connectivity index (χ3v) is 1.53. The number of nitrogens with two attached hydrogens (primary N) is 1. The summed E-state index contributed by atoms with van der Waals surface area (Å²) in [4.78, 5) is 10.0. The fraction of sp³-hybridized carbons (Fsp3) is 0.250. The van der Waals surface area contributed by atoms with Crippen molar-refractivity contribution in [3.8, 4) is 0 Å². The van der Waals surface area contributed by atoms with Crippen LogP contribution in [0.3, 0.4) is 0 Å². The minimum absolute atomic E-state index is 1.08. The Kier molecular flexibility index (Phi) is 2.42. The van der Waals surface area contributed by atoms with Crippen molar-refractivity contribution in [2.45, 2.75) is 3.55 Å². The van der Waals surface area contributed by atoms with Crippen LogP contribution in [-0.4, -0.2) is 14.6 Å². The van der Waals surface area contributed by atoms with Crippen LogP contribution in [0.25, 0.3) is 0 Å². The van der Waals surface area contributed by atoms with Crippen LogP contribution < -0.4 is 5.73 Å². The van der Waals surface area contributed by atoms with E-state index in [0.717, 1.165) is 0 Å². The van der Waals surface area contributed by atoms with Gasteiger partial charge in [0.05, 0.1) is 0 Å². The number of rotatable bonds is 2. The van der Waals surface area contributed by atoms with Crippen LogP contribution in [0.15, 0.2) is 12.7 Å². The van der Waals surface area contributed by atoms with Crippen molar-refractivity contribution >= 4 is 28.6 Å². The van der Waals surface area contributed by atoms with E-state index in [0.29, 0.717) is 0 Å². The van der Waals surface area contributed by atoms with Gasteiger partial charge in [0.2, 0.25) is 0 Å². The topological polar surface area (TPSA) is 63.3 Å². The number of carboxylic acids is 1. The van der Waals surface area contributed by atoms with Crippen molar-refractivity contribution in [2.24, 2.45) is 5.73 Å². The van der Waals surface area contributed by atoms with Crippen molar-refractivity contribution in [1.82, 2.24) is 0 Å². The van der Waals surface area contributed by atoms with Gasteiger partial charge in [-0.15, -0.1) is 0 Å². The lowest BCUT2D eigenvalue weighted by molar-refractivity contribution is -0.137. The van der Waals surface area contributed by atoms with Gasteiger partial charge in [-0.1, -0.05) is 12.7 Å². The van der Waals surface area contributed by atoms with E-state index < -0.39 is 9.51 Å². The maximum absolute atomic E-state index is 10.0. The van der Waals surface area contributed by atoms with E-state index in [1.165, 1.54) is 6.08 Å². The first-order chi connectivity index (χ1) is 3.50. The summed E-state index contributed by atoms with van der Waals surface area (Å²) in [5.74, 6) is -1.08. The van der Waals surface area contributed by atoms with Crippen molar-refractivity contribution in [1.29, 1.82) is 0 Å². The highest BCUT2D eigenvalue weighted by Crippen LogP contribution is 2.11. The van der Waals surface area contributed by atoms with Crippen LogP contribution in [0.2, 0.25) is 0 Å². The molecule has 0 aromatic heterocycles. The van der Waals surface area contributed by atoms with Gasteiger partial charge in [0.25, 0.3) is 0 Å². The molecule has 3 nitrogen and oxygen atoms in total. The first-order valence-electron chi connectivity index (χ1n) is 1.85. The molecule has 0 aromatic carbocycles. The Balaban J connectivity index is 4.12. The molecule has 0 saturated carbocycles. The summed E-state index contributed by atoms with van der Waals surface area (Å²) in [7, 11) is 0. The van der Waals surface area contributed by atoms with Gasteiger partial charge in [0.1, 0.15) is 0 Å². The maximum Gasteiger partial charge on any atom is 0.338 e. The summed E-state index contributed by atoms with van der Waals surface area (Å²) in [6.07, 6.45) is 1.18. The van der Waals surface area contributed by atoms with Gasteiger partial charge in [-0.25, -0.2) is 4.79 Å². The normalized spacial score (nSPS) is 16.8. The Morgan fingerprint density at radius 3 is 2.38 bits per heavy atom. The maximum atomic E-state index is 10.0. The van der Waals surface area contributed by atoms with Gasteiger partial charge in [0.15, 0.2) is 3.55 Å². The summed E-state index contributed by atoms with van der Waals surface area (Å²) < 4.78 is -1.31. The van der Waals surface area contributed by atoms with Crippen LogP contribution in [0.5, 0.6) is 0 Å². The highest BCUT2D eigenvalue weighted by Gasteiger charge is 2.25. The van der Waals surface area contributed by atoms with Crippen LogP contribution in [0, 0.1) is 0 Å². The van der Waals surface area contributed by atoms with Crippen LogP contribution in [-0.2, 0) is 4.79 Å². The number of hydrogen-bond donors (Lipinski definition) is 2. The SMILES string of the molecule is C=C[C@](N)(I)C(=O)O. The fourth-order valence-electron chi connectivity index (χ4n) is 0.0873. The minimum Gasteiger partial charge on any atom is -0.479 e. The number of carboxylic acid groups (broad SMARTS) is 1. The summed E-state index contributed by atoms with van der Waals surface area (Å²) in [5.41, 5.74) is 5.13. The Morgan fingerprint density at radius 2 is 2.38 bits per heavy atom. The molecule has 0 aliphatic rings. The smallest absolute Gasteiger partial charge is 0.338 e. The third-order valence-electron chi connectivity index (χ3n) is 0.625. The van der Waals surface area contributed by atoms with Crippen LogP contribution in [0.4, 0.5) is 0 Å². The lowest BCUT2D eigenvalue weighted by Crippen LogP contribution is -2.38. The molecule has 1 atom stereocenters. The molecule has 0 amide bonds. The molecular formula is C4H6INO2. The third kappa shape index (κ3) is 1.79. The second-order valence-corrected chi connectivity index (χ2v) is 3.06. The zero-order chi connectivity index (χ0) is 6.78. The average molecular weight is 227 g/mol. The molecule has 0 aromatic rings. The largest absolute Gasteiger partial charge is 0.479 e. The molecule has 3 N–H and O–H groups in total. The molecule has 0 spiro atoms. The van der Waals surface area contributed by atoms with E-state index in [1.54, 1.807) is 22.6 Å². The molecule has 0 rings (SSSR count). The summed E-state index contributed by atoms with van der Waals surface area (Å²) in [6, 6.07) is 0. The summed E-state index contributed by atoms with van der Waals surface area (Å²) in [5, 5.41) is 8.24. The predicted octanol–water partition coefficient (Wildman–Crippen LogP) is 0.347. The highest BCUT2D eigenvalue weighted by molar-refractivity contribution is 14.1. The number of hydrogen-bond acceptors (Lipinski definition) is 2. The van der Waals surface area contributed by atoms with E-state index >= 15 is 0 Å². The quantitative estimate of drug-likeness (QED) is 0.309. The summed E-state index contributed by atoms with van der Waals surface area (Å²) >= 11 is 1.59. The molecule has 0 fully saturated rings. The molecule has 0 radical (unpaired) electrons. The highest BCUT2D eigenvalue weighted by atomic mass is 127. The first kappa shape index (κ1) is 7.90. The number of alkyl halides is 1. The molecular weight excluding hydrogens is 221 g/mol. The Labute approximate surface area is 60.7 Å². The van der Waals surface area contributed by atoms with E-state index in [9.17, 15) is 4.79 Å². The number of aliphatic carboxylic acids is 1. The van der Waals surface area contributed by atoms with E-state index in [2.05, 4.69) is 6.58 Å². The van der Waals surface area contributed by atoms with Crippen molar-refractivity contribution < 1.29 is 9.90 Å². The van der Waals surface area contributed by atoms with E-state index in [1.807, 2.05) is 0 Å². The first-order valence-corrected chi connectivity index (χ1v) is 2.93. The molecule has 0 aliphatic carbocycles. The van der Waals surface area contributed by atoms with Gasteiger partial charge in [-0.3, -0.25) is 0 Å². The zero-order valence-corrected chi connectivity index (χ0v) is 6.25. The van der Waals surface area contributed by atoms with Crippen LogP contribution in [0.1, 0.15) is 0 Å². The second-order valence-electron chi connectivity index (χ2n) is 1.28. The van der Waals surface area contributed by atoms with Gasteiger partial charge < -0.3 is 10.8 Å². The molecule has 0 heterocycles. The summed E-state index contributed by atoms with van der Waals surface area (Å²) in [6.45, 7) is 3.24. The van der Waals surface area contributed by atoms with E-state index in [-0.39, 0.29) is 0 Å². The lowest BCUT2D eigenvalue weighted by atomic mass is 10.3. The molecule has 4 heteroatoms. The monoisotopic (exact) mass is 227 g/mol. The molecule has 0 bridgehead atoms. The van der Waals surface area contributed by atoms with Gasteiger partial charge in [0, 0.05) is 0 Å². The molecule has 0 unspecified atom stereocenters. The second kappa shape index (κ2) is 2.45. The van der Waals surface area contributed by atoms with Crippen molar-refractivity contribution in [3.63, 3.8) is 0 Å². The zero-order valence-electron chi connectivity index (χ0n) is 4.10. The predicted molar refractivity (Wildman–Crippen MR) is 38.8 cm³/mol. The Hall–Kier alpha value is -0.100. The van der Waals surface area contributed by atoms with Crippen molar-refractivity contribution in [2.75, 3.05) is 0 Å². The van der Waals surface area contributed by atoms with Gasteiger partial charge in [-0.2, -0.15) is 0 Å². The average Bonchev–Trinajstić information content (AvgIpc) is 1.67.